The summed E-state index contributed by atoms with van der Waals surface area (Å²) in [6, 6.07) is 4.70. The fourth-order valence-corrected chi connectivity index (χ4v) is 2.20. The van der Waals surface area contributed by atoms with Gasteiger partial charge in [-0.1, -0.05) is 0 Å². The average molecular weight is 212 g/mol. The van der Waals surface area contributed by atoms with E-state index in [1.54, 1.807) is 11.3 Å². The largest absolute Gasteiger partial charge is 0.379 e. The molecule has 14 heavy (non-hydrogen) atoms. The Morgan fingerprint density at radius 2 is 2.64 bits per heavy atom. The van der Waals surface area contributed by atoms with Gasteiger partial charge in [0.05, 0.1) is 18.2 Å². The van der Waals surface area contributed by atoms with Gasteiger partial charge >= 0.3 is 0 Å². The molecule has 2 rings (SSSR count). The summed E-state index contributed by atoms with van der Waals surface area (Å²) in [4.78, 5) is 0. The van der Waals surface area contributed by atoms with E-state index in [0.717, 1.165) is 32.7 Å². The van der Waals surface area contributed by atoms with E-state index in [4.69, 9.17) is 4.74 Å². The van der Waals surface area contributed by atoms with Crippen molar-refractivity contribution < 1.29 is 4.74 Å². The van der Waals surface area contributed by atoms with E-state index >= 15 is 0 Å². The van der Waals surface area contributed by atoms with Crippen LogP contribution in [-0.2, 0) is 4.74 Å². The summed E-state index contributed by atoms with van der Waals surface area (Å²) in [6.07, 6.45) is 1.12. The SMILES string of the molecule is c1csc(NCCC2COCCN2)c1. The van der Waals surface area contributed by atoms with Crippen LogP contribution in [0, 0.1) is 0 Å². The standard InChI is InChI=1S/C10H16N2OS/c1-2-10(14-7-1)12-4-3-9-8-13-6-5-11-9/h1-2,7,9,11-12H,3-6,8H2. The number of anilines is 1. The molecule has 1 aliphatic rings. The summed E-state index contributed by atoms with van der Waals surface area (Å²) in [5.41, 5.74) is 0. The molecule has 0 amide bonds. The van der Waals surface area contributed by atoms with Crippen LogP contribution in [0.3, 0.4) is 0 Å². The maximum atomic E-state index is 5.38. The molecule has 78 valence electrons. The Hall–Kier alpha value is -0.580. The highest BCUT2D eigenvalue weighted by Gasteiger charge is 2.11. The summed E-state index contributed by atoms with van der Waals surface area (Å²) in [5.74, 6) is 0. The van der Waals surface area contributed by atoms with Gasteiger partial charge in [0, 0.05) is 19.1 Å². The minimum atomic E-state index is 0.524. The average Bonchev–Trinajstić information content (AvgIpc) is 2.72. The summed E-state index contributed by atoms with van der Waals surface area (Å²) in [5, 5.41) is 10.2. The molecule has 0 aliphatic carbocycles. The van der Waals surface area contributed by atoms with Crippen molar-refractivity contribution in [2.75, 3.05) is 31.6 Å². The van der Waals surface area contributed by atoms with Crippen LogP contribution in [0.15, 0.2) is 17.5 Å². The zero-order valence-electron chi connectivity index (χ0n) is 8.16. The molecule has 1 aliphatic heterocycles. The summed E-state index contributed by atoms with van der Waals surface area (Å²) in [7, 11) is 0. The van der Waals surface area contributed by atoms with Crippen molar-refractivity contribution in [2.45, 2.75) is 12.5 Å². The summed E-state index contributed by atoms with van der Waals surface area (Å²) >= 11 is 1.75. The third kappa shape index (κ3) is 2.97. The Kier molecular flexibility index (Phi) is 3.80. The minimum Gasteiger partial charge on any atom is -0.379 e. The molecular formula is C10H16N2OS. The molecule has 2 N–H and O–H groups in total. The van der Waals surface area contributed by atoms with Gasteiger partial charge < -0.3 is 15.4 Å². The zero-order valence-corrected chi connectivity index (χ0v) is 8.98. The lowest BCUT2D eigenvalue weighted by atomic mass is 10.2. The second-order valence-electron chi connectivity index (χ2n) is 3.42. The number of hydrogen-bond acceptors (Lipinski definition) is 4. The highest BCUT2D eigenvalue weighted by molar-refractivity contribution is 7.14. The molecule has 0 spiro atoms. The topological polar surface area (TPSA) is 33.3 Å². The van der Waals surface area contributed by atoms with E-state index in [1.165, 1.54) is 5.00 Å². The molecular weight excluding hydrogens is 196 g/mol. The highest BCUT2D eigenvalue weighted by Crippen LogP contribution is 2.14. The molecule has 0 aromatic carbocycles. The summed E-state index contributed by atoms with van der Waals surface area (Å²) in [6.45, 7) is 3.71. The van der Waals surface area contributed by atoms with Crippen LogP contribution in [-0.4, -0.2) is 32.3 Å². The van der Waals surface area contributed by atoms with Crippen molar-refractivity contribution in [3.05, 3.63) is 17.5 Å². The predicted molar refractivity (Wildman–Crippen MR) is 60.0 cm³/mol. The molecule has 4 heteroatoms. The first-order chi connectivity index (χ1) is 6.95. The Morgan fingerprint density at radius 3 is 3.36 bits per heavy atom. The molecule has 0 saturated carbocycles. The smallest absolute Gasteiger partial charge is 0.0882 e. The van der Waals surface area contributed by atoms with Crippen LogP contribution in [0.4, 0.5) is 5.00 Å². The van der Waals surface area contributed by atoms with E-state index in [0.29, 0.717) is 6.04 Å². The maximum absolute atomic E-state index is 5.38. The van der Waals surface area contributed by atoms with Crippen LogP contribution in [0.2, 0.25) is 0 Å². The second kappa shape index (κ2) is 5.34. The van der Waals surface area contributed by atoms with Gasteiger partial charge in [0.25, 0.3) is 0 Å². The van der Waals surface area contributed by atoms with Gasteiger partial charge in [-0.2, -0.15) is 0 Å². The van der Waals surface area contributed by atoms with E-state index < -0.39 is 0 Å². The van der Waals surface area contributed by atoms with Gasteiger partial charge in [-0.25, -0.2) is 0 Å². The molecule has 1 saturated heterocycles. The van der Waals surface area contributed by atoms with Gasteiger partial charge in [0.1, 0.15) is 0 Å². The number of hydrogen-bond donors (Lipinski definition) is 2. The van der Waals surface area contributed by atoms with Gasteiger partial charge in [-0.05, 0) is 23.9 Å². The van der Waals surface area contributed by atoms with E-state index in [-0.39, 0.29) is 0 Å². The van der Waals surface area contributed by atoms with Gasteiger partial charge in [-0.15, -0.1) is 11.3 Å². The van der Waals surface area contributed by atoms with Crippen molar-refractivity contribution in [3.8, 4) is 0 Å². The van der Waals surface area contributed by atoms with Gasteiger partial charge in [0.15, 0.2) is 0 Å². The Morgan fingerprint density at radius 1 is 1.64 bits per heavy atom. The van der Waals surface area contributed by atoms with Crippen LogP contribution in [0.1, 0.15) is 6.42 Å². The third-order valence-electron chi connectivity index (χ3n) is 2.31. The molecule has 1 aromatic heterocycles. The maximum Gasteiger partial charge on any atom is 0.0882 e. The molecule has 1 atom stereocenters. The first-order valence-electron chi connectivity index (χ1n) is 5.03. The lowest BCUT2D eigenvalue weighted by molar-refractivity contribution is 0.0753. The lowest BCUT2D eigenvalue weighted by Crippen LogP contribution is -2.42. The van der Waals surface area contributed by atoms with Crippen molar-refractivity contribution >= 4 is 16.3 Å². The molecule has 1 unspecified atom stereocenters. The van der Waals surface area contributed by atoms with Crippen molar-refractivity contribution in [1.29, 1.82) is 0 Å². The normalized spacial score (nSPS) is 22.1. The van der Waals surface area contributed by atoms with E-state index in [1.807, 2.05) is 0 Å². The molecule has 0 radical (unpaired) electrons. The minimum absolute atomic E-state index is 0.524. The van der Waals surface area contributed by atoms with Crippen LogP contribution < -0.4 is 10.6 Å². The number of morpholine rings is 1. The zero-order chi connectivity index (χ0) is 9.64. The first kappa shape index (κ1) is 9.96. The molecule has 1 fully saturated rings. The quantitative estimate of drug-likeness (QED) is 0.794. The van der Waals surface area contributed by atoms with Crippen LogP contribution in [0.25, 0.3) is 0 Å². The van der Waals surface area contributed by atoms with Crippen LogP contribution >= 0.6 is 11.3 Å². The lowest BCUT2D eigenvalue weighted by Gasteiger charge is -2.23. The molecule has 2 heterocycles. The highest BCUT2D eigenvalue weighted by atomic mass is 32.1. The molecule has 3 nitrogen and oxygen atoms in total. The first-order valence-corrected chi connectivity index (χ1v) is 5.91. The number of rotatable bonds is 4. The fraction of sp³-hybridized carbons (Fsp3) is 0.600. The Balaban J connectivity index is 1.62. The summed E-state index contributed by atoms with van der Waals surface area (Å²) < 4.78 is 5.38. The van der Waals surface area contributed by atoms with Crippen molar-refractivity contribution in [3.63, 3.8) is 0 Å². The van der Waals surface area contributed by atoms with Crippen molar-refractivity contribution in [1.82, 2.24) is 5.32 Å². The Bertz CT molecular complexity index is 245. The molecule has 1 aromatic rings. The van der Waals surface area contributed by atoms with Crippen molar-refractivity contribution in [2.24, 2.45) is 0 Å². The number of ether oxygens (including phenoxy) is 1. The monoisotopic (exact) mass is 212 g/mol. The third-order valence-corrected chi connectivity index (χ3v) is 3.14. The predicted octanol–water partition coefficient (Wildman–Crippen LogP) is 1.54. The Labute approximate surface area is 88.5 Å². The number of nitrogens with one attached hydrogen (secondary N) is 2. The van der Waals surface area contributed by atoms with E-state index in [2.05, 4.69) is 28.1 Å². The fourth-order valence-electron chi connectivity index (χ4n) is 1.55. The van der Waals surface area contributed by atoms with Gasteiger partial charge in [-0.3, -0.25) is 0 Å². The molecule has 0 bridgehead atoms. The van der Waals surface area contributed by atoms with Gasteiger partial charge in [0.2, 0.25) is 0 Å². The van der Waals surface area contributed by atoms with Crippen LogP contribution in [0.5, 0.6) is 0 Å². The second-order valence-corrected chi connectivity index (χ2v) is 4.37. The number of thiophene rings is 1. The van der Waals surface area contributed by atoms with E-state index in [9.17, 15) is 0 Å².